The SMILES string of the molecule is c1ccc(-c2ccccc2-c2c3c(c(-c4ccccc4-c4ccccc4)c4cc5ccccc5cc24)-c2ccc4c5c(ccc-3c25)-c2c(-c3ccccc3)ccc(-c3ccccc3)c2-4)cc1. The summed E-state index contributed by atoms with van der Waals surface area (Å²) in [4.78, 5) is 0. The maximum Gasteiger partial charge on any atom is -0.000718 e. The molecule has 0 aromatic heterocycles. The van der Waals surface area contributed by atoms with Gasteiger partial charge in [-0.25, -0.2) is 0 Å². The Labute approximate surface area is 384 Å². The maximum atomic E-state index is 2.48. The lowest BCUT2D eigenvalue weighted by Crippen LogP contribution is -1.96. The average molecular weight is 833 g/mol. The quantitative estimate of drug-likeness (QED) is 0.146. The largest absolute Gasteiger partial charge is 0.0622 e. The van der Waals surface area contributed by atoms with Gasteiger partial charge >= 0.3 is 0 Å². The molecule has 0 fully saturated rings. The van der Waals surface area contributed by atoms with Crippen molar-refractivity contribution in [2.45, 2.75) is 0 Å². The Kier molecular flexibility index (Phi) is 8.08. The molecular formula is C66H40. The van der Waals surface area contributed by atoms with Gasteiger partial charge in [-0.2, -0.15) is 0 Å². The summed E-state index contributed by atoms with van der Waals surface area (Å²) in [5.41, 5.74) is 25.4. The normalized spacial score (nSPS) is 11.9. The summed E-state index contributed by atoms with van der Waals surface area (Å²) >= 11 is 0. The van der Waals surface area contributed by atoms with E-state index in [-0.39, 0.29) is 0 Å². The zero-order chi connectivity index (χ0) is 43.3. The smallest absolute Gasteiger partial charge is 0.000718 e. The molecule has 14 rings (SSSR count). The van der Waals surface area contributed by atoms with Crippen molar-refractivity contribution < 1.29 is 0 Å². The van der Waals surface area contributed by atoms with Crippen LogP contribution in [0.3, 0.4) is 0 Å². The molecule has 2 aliphatic carbocycles. The van der Waals surface area contributed by atoms with E-state index in [4.69, 9.17) is 0 Å². The molecule has 304 valence electrons. The van der Waals surface area contributed by atoms with Crippen molar-refractivity contribution in [2.75, 3.05) is 0 Å². The van der Waals surface area contributed by atoms with Crippen LogP contribution in [0.25, 0.3) is 144 Å². The molecule has 2 aliphatic rings. The Morgan fingerprint density at radius 1 is 0.167 bits per heavy atom. The Balaban J connectivity index is 1.17. The van der Waals surface area contributed by atoms with Crippen LogP contribution in [0, 0.1) is 0 Å². The molecule has 0 bridgehead atoms. The highest BCUT2D eigenvalue weighted by Gasteiger charge is 2.37. The van der Waals surface area contributed by atoms with Gasteiger partial charge in [0.1, 0.15) is 0 Å². The Morgan fingerprint density at radius 3 is 0.803 bits per heavy atom. The highest BCUT2D eigenvalue weighted by Crippen LogP contribution is 2.64. The van der Waals surface area contributed by atoms with E-state index in [9.17, 15) is 0 Å². The van der Waals surface area contributed by atoms with Gasteiger partial charge in [-0.05, 0) is 156 Å². The average Bonchev–Trinajstić information content (AvgIpc) is 3.91. The second-order valence-electron chi connectivity index (χ2n) is 17.8. The molecule has 0 saturated heterocycles. The number of hydrogen-bond donors (Lipinski definition) is 0. The summed E-state index contributed by atoms with van der Waals surface area (Å²) in [6.07, 6.45) is 0. The van der Waals surface area contributed by atoms with Crippen molar-refractivity contribution in [3.05, 3.63) is 243 Å². The minimum absolute atomic E-state index is 1.21. The van der Waals surface area contributed by atoms with Crippen LogP contribution in [0.4, 0.5) is 0 Å². The van der Waals surface area contributed by atoms with Crippen LogP contribution >= 0.6 is 0 Å². The minimum Gasteiger partial charge on any atom is -0.0622 e. The van der Waals surface area contributed by atoms with Gasteiger partial charge in [0.25, 0.3) is 0 Å². The zero-order valence-corrected chi connectivity index (χ0v) is 36.1. The van der Waals surface area contributed by atoms with Crippen molar-refractivity contribution >= 4 is 32.3 Å². The highest BCUT2D eigenvalue weighted by molar-refractivity contribution is 6.34. The predicted molar refractivity (Wildman–Crippen MR) is 280 cm³/mol. The van der Waals surface area contributed by atoms with E-state index in [1.54, 1.807) is 0 Å². The minimum atomic E-state index is 1.21. The molecule has 0 atom stereocenters. The molecule has 12 aromatic carbocycles. The van der Waals surface area contributed by atoms with Gasteiger partial charge in [0.15, 0.2) is 0 Å². The summed E-state index contributed by atoms with van der Waals surface area (Å²) in [7, 11) is 0. The van der Waals surface area contributed by atoms with E-state index in [1.807, 2.05) is 0 Å². The van der Waals surface area contributed by atoms with Crippen LogP contribution < -0.4 is 0 Å². The first-order chi connectivity index (χ1) is 32.8. The van der Waals surface area contributed by atoms with Crippen LogP contribution in [-0.2, 0) is 0 Å². The van der Waals surface area contributed by atoms with Crippen LogP contribution in [0.2, 0.25) is 0 Å². The third-order valence-corrected chi connectivity index (χ3v) is 14.3. The second-order valence-corrected chi connectivity index (χ2v) is 17.8. The van der Waals surface area contributed by atoms with E-state index in [2.05, 4.69) is 243 Å². The summed E-state index contributed by atoms with van der Waals surface area (Å²) in [5, 5.41) is 7.67. The van der Waals surface area contributed by atoms with Crippen LogP contribution in [-0.4, -0.2) is 0 Å². The first-order valence-corrected chi connectivity index (χ1v) is 23.0. The molecule has 0 amide bonds. The van der Waals surface area contributed by atoms with E-state index >= 15 is 0 Å². The lowest BCUT2D eigenvalue weighted by molar-refractivity contribution is 1.58. The summed E-state index contributed by atoms with van der Waals surface area (Å²) in [5.74, 6) is 0. The van der Waals surface area contributed by atoms with Crippen LogP contribution in [0.5, 0.6) is 0 Å². The molecule has 0 heteroatoms. The van der Waals surface area contributed by atoms with Crippen molar-refractivity contribution in [1.29, 1.82) is 0 Å². The van der Waals surface area contributed by atoms with E-state index < -0.39 is 0 Å². The molecule has 0 aliphatic heterocycles. The molecule has 0 nitrogen and oxygen atoms in total. The van der Waals surface area contributed by atoms with E-state index in [1.165, 1.54) is 144 Å². The molecule has 0 unspecified atom stereocenters. The zero-order valence-electron chi connectivity index (χ0n) is 36.1. The van der Waals surface area contributed by atoms with E-state index in [0.717, 1.165) is 0 Å². The molecule has 0 heterocycles. The van der Waals surface area contributed by atoms with Gasteiger partial charge in [-0.3, -0.25) is 0 Å². The fourth-order valence-corrected chi connectivity index (χ4v) is 11.6. The Hall–Kier alpha value is -8.58. The molecule has 0 saturated carbocycles. The third-order valence-electron chi connectivity index (χ3n) is 14.3. The molecule has 0 spiro atoms. The van der Waals surface area contributed by atoms with Gasteiger partial charge < -0.3 is 0 Å². The van der Waals surface area contributed by atoms with Crippen molar-refractivity contribution in [3.8, 4) is 111 Å². The summed E-state index contributed by atoms with van der Waals surface area (Å²) in [6, 6.07) is 90.3. The van der Waals surface area contributed by atoms with Gasteiger partial charge in [0.05, 0.1) is 0 Å². The first kappa shape index (κ1) is 36.9. The summed E-state index contributed by atoms with van der Waals surface area (Å²) in [6.45, 7) is 0. The topological polar surface area (TPSA) is 0 Å². The lowest BCUT2D eigenvalue weighted by Gasteiger charge is -2.24. The van der Waals surface area contributed by atoms with Crippen molar-refractivity contribution in [2.24, 2.45) is 0 Å². The van der Waals surface area contributed by atoms with Crippen LogP contribution in [0.15, 0.2) is 243 Å². The second kappa shape index (κ2) is 14.5. The number of hydrogen-bond acceptors (Lipinski definition) is 0. The lowest BCUT2D eigenvalue weighted by atomic mass is 9.79. The summed E-state index contributed by atoms with van der Waals surface area (Å²) < 4.78 is 0. The van der Waals surface area contributed by atoms with Gasteiger partial charge in [-0.15, -0.1) is 0 Å². The fourth-order valence-electron chi connectivity index (χ4n) is 11.6. The van der Waals surface area contributed by atoms with Crippen molar-refractivity contribution in [3.63, 3.8) is 0 Å². The Bertz CT molecular complexity index is 3680. The predicted octanol–water partition coefficient (Wildman–Crippen LogP) is 18.4. The van der Waals surface area contributed by atoms with Gasteiger partial charge in [0.2, 0.25) is 0 Å². The molecule has 12 aromatic rings. The highest BCUT2D eigenvalue weighted by atomic mass is 14.4. The number of rotatable bonds is 6. The standard InChI is InChI=1S/C66H40/c1-5-19-41(20-6-1)47-29-15-17-31-51(47)61-57-39-45-27-13-14-28-46(45)40-58(57)62(52-32-18-16-30-48(52)42-21-7-2-8-22-42)66-56-38-36-54-60-50(44-25-11-4-12-26-44)34-33-49(43-23-9-3-10-24-43)59(60)53-35-37-55(65(61)66)64(56)63(53)54/h1-40H. The molecular weight excluding hydrogens is 793 g/mol. The first-order valence-electron chi connectivity index (χ1n) is 23.0. The number of fused-ring (bicyclic) bond motifs is 8. The molecule has 66 heavy (non-hydrogen) atoms. The molecule has 0 N–H and O–H groups in total. The van der Waals surface area contributed by atoms with Gasteiger partial charge in [-0.1, -0.05) is 231 Å². The van der Waals surface area contributed by atoms with E-state index in [0.29, 0.717) is 0 Å². The third kappa shape index (κ3) is 5.33. The Morgan fingerprint density at radius 2 is 0.439 bits per heavy atom. The molecule has 0 radical (unpaired) electrons. The fraction of sp³-hybridized carbons (Fsp3) is 0. The number of benzene rings is 12. The maximum absolute atomic E-state index is 2.48. The van der Waals surface area contributed by atoms with Crippen LogP contribution in [0.1, 0.15) is 0 Å². The monoisotopic (exact) mass is 832 g/mol. The van der Waals surface area contributed by atoms with Crippen molar-refractivity contribution in [1.82, 2.24) is 0 Å². The van der Waals surface area contributed by atoms with Gasteiger partial charge in [0, 0.05) is 0 Å².